The molecule has 0 radical (unpaired) electrons. The van der Waals surface area contributed by atoms with Gasteiger partial charge in [-0.15, -0.1) is 0 Å². The second-order valence-electron chi connectivity index (χ2n) is 7.17. The van der Waals surface area contributed by atoms with Gasteiger partial charge in [0.1, 0.15) is 0 Å². The van der Waals surface area contributed by atoms with E-state index >= 15 is 0 Å². The average molecular weight is 270 g/mol. The first kappa shape index (κ1) is 14.7. The van der Waals surface area contributed by atoms with E-state index in [0.717, 1.165) is 0 Å². The number of hydrogen-bond acceptors (Lipinski definition) is 3. The lowest BCUT2D eigenvalue weighted by Crippen LogP contribution is -2.66. The molecule has 1 saturated heterocycles. The molecule has 1 N–H and O–H groups in total. The van der Waals surface area contributed by atoms with Crippen LogP contribution in [0.15, 0.2) is 0 Å². The molecule has 1 aliphatic carbocycles. The molecule has 0 aromatic carbocycles. The second-order valence-corrected chi connectivity index (χ2v) is 8.16. The van der Waals surface area contributed by atoms with E-state index in [2.05, 4.69) is 37.2 Å². The van der Waals surface area contributed by atoms with Crippen LogP contribution in [-0.2, 0) is 0 Å². The highest BCUT2D eigenvalue weighted by Gasteiger charge is 2.45. The largest absolute Gasteiger partial charge is 0.310 e. The van der Waals surface area contributed by atoms with Gasteiger partial charge < -0.3 is 5.32 Å². The molecule has 1 heterocycles. The highest BCUT2D eigenvalue weighted by molar-refractivity contribution is 7.98. The summed E-state index contributed by atoms with van der Waals surface area (Å²) in [4.78, 5) is 2.82. The Morgan fingerprint density at radius 1 is 1.28 bits per heavy atom. The molecule has 1 saturated carbocycles. The van der Waals surface area contributed by atoms with Crippen molar-refractivity contribution in [1.82, 2.24) is 10.2 Å². The van der Waals surface area contributed by atoms with Crippen LogP contribution in [0.4, 0.5) is 0 Å². The summed E-state index contributed by atoms with van der Waals surface area (Å²) in [6.45, 7) is 10.8. The summed E-state index contributed by atoms with van der Waals surface area (Å²) in [5, 5.41) is 3.85. The maximum Gasteiger partial charge on any atom is 0.0335 e. The minimum atomic E-state index is 0.373. The molecule has 1 atom stereocenters. The van der Waals surface area contributed by atoms with E-state index in [1.54, 1.807) is 0 Å². The van der Waals surface area contributed by atoms with Crippen LogP contribution in [0.2, 0.25) is 0 Å². The van der Waals surface area contributed by atoms with Crippen molar-refractivity contribution >= 4 is 11.8 Å². The summed E-state index contributed by atoms with van der Waals surface area (Å²) in [6, 6.07) is 0.644. The number of nitrogens with zero attached hydrogens (tertiary/aromatic N) is 1. The van der Waals surface area contributed by atoms with Gasteiger partial charge in [0.2, 0.25) is 0 Å². The van der Waals surface area contributed by atoms with Crippen LogP contribution in [-0.4, -0.2) is 48.1 Å². The zero-order chi connectivity index (χ0) is 13.2. The first-order chi connectivity index (χ1) is 8.48. The molecule has 0 aromatic heterocycles. The first-order valence-corrected chi connectivity index (χ1v) is 8.85. The van der Waals surface area contributed by atoms with Gasteiger partial charge in [-0.2, -0.15) is 11.8 Å². The molecular weight excluding hydrogens is 240 g/mol. The van der Waals surface area contributed by atoms with Gasteiger partial charge in [0, 0.05) is 37.0 Å². The van der Waals surface area contributed by atoms with Crippen molar-refractivity contribution in [3.05, 3.63) is 0 Å². The summed E-state index contributed by atoms with van der Waals surface area (Å²) < 4.78 is 0. The number of piperazine rings is 1. The Hall–Kier alpha value is 0.270. The minimum Gasteiger partial charge on any atom is -0.310 e. The van der Waals surface area contributed by atoms with Crippen LogP contribution in [0.1, 0.15) is 46.5 Å². The Morgan fingerprint density at radius 2 is 1.94 bits per heavy atom. The van der Waals surface area contributed by atoms with E-state index in [0.29, 0.717) is 17.0 Å². The fourth-order valence-electron chi connectivity index (χ4n) is 3.54. The Balaban J connectivity index is 2.05. The van der Waals surface area contributed by atoms with Crippen molar-refractivity contribution in [3.8, 4) is 0 Å². The highest BCUT2D eigenvalue weighted by atomic mass is 32.2. The van der Waals surface area contributed by atoms with Gasteiger partial charge in [0.25, 0.3) is 0 Å². The summed E-state index contributed by atoms with van der Waals surface area (Å²) in [6.07, 6.45) is 7.90. The monoisotopic (exact) mass is 270 g/mol. The molecule has 0 bridgehead atoms. The molecule has 1 aliphatic heterocycles. The highest BCUT2D eigenvalue weighted by Crippen LogP contribution is 2.38. The molecule has 3 heteroatoms. The second kappa shape index (κ2) is 5.72. The first-order valence-electron chi connectivity index (χ1n) is 7.45. The van der Waals surface area contributed by atoms with Crippen molar-refractivity contribution in [3.63, 3.8) is 0 Å². The van der Waals surface area contributed by atoms with E-state index in [-0.39, 0.29) is 0 Å². The van der Waals surface area contributed by atoms with E-state index in [1.807, 2.05) is 11.8 Å². The molecule has 2 rings (SSSR count). The van der Waals surface area contributed by atoms with Crippen molar-refractivity contribution in [2.45, 2.75) is 58.0 Å². The van der Waals surface area contributed by atoms with Crippen LogP contribution < -0.4 is 5.32 Å². The van der Waals surface area contributed by atoms with Gasteiger partial charge in [-0.3, -0.25) is 4.90 Å². The summed E-state index contributed by atoms with van der Waals surface area (Å²) >= 11 is 1.98. The SMILES string of the molecule is CSCCN1CC(C(C)(C)C)NCC12CCCC2. The van der Waals surface area contributed by atoms with Gasteiger partial charge in [-0.1, -0.05) is 33.6 Å². The Morgan fingerprint density at radius 3 is 2.50 bits per heavy atom. The molecule has 18 heavy (non-hydrogen) atoms. The molecule has 106 valence electrons. The lowest BCUT2D eigenvalue weighted by Gasteiger charge is -2.51. The van der Waals surface area contributed by atoms with Crippen LogP contribution >= 0.6 is 11.8 Å². The summed E-state index contributed by atoms with van der Waals surface area (Å²) in [5.41, 5.74) is 0.870. The average Bonchev–Trinajstić information content (AvgIpc) is 2.76. The Kier molecular flexibility index (Phi) is 4.66. The lowest BCUT2D eigenvalue weighted by atomic mass is 9.81. The zero-order valence-corrected chi connectivity index (χ0v) is 13.4. The van der Waals surface area contributed by atoms with E-state index in [4.69, 9.17) is 0 Å². The number of hydrogen-bond donors (Lipinski definition) is 1. The fourth-order valence-corrected chi connectivity index (χ4v) is 3.94. The van der Waals surface area contributed by atoms with Crippen molar-refractivity contribution in [2.75, 3.05) is 31.6 Å². The molecular formula is C15H30N2S. The topological polar surface area (TPSA) is 15.3 Å². The minimum absolute atomic E-state index is 0.373. The molecule has 2 aliphatic rings. The summed E-state index contributed by atoms with van der Waals surface area (Å²) in [7, 11) is 0. The van der Waals surface area contributed by atoms with Crippen LogP contribution in [0.25, 0.3) is 0 Å². The van der Waals surface area contributed by atoms with Crippen molar-refractivity contribution in [2.24, 2.45) is 5.41 Å². The van der Waals surface area contributed by atoms with Crippen molar-refractivity contribution < 1.29 is 0 Å². The normalized spacial score (nSPS) is 29.0. The third kappa shape index (κ3) is 3.05. The predicted molar refractivity (Wildman–Crippen MR) is 82.4 cm³/mol. The molecule has 0 amide bonds. The third-order valence-corrected chi connectivity index (χ3v) is 5.49. The Bertz CT molecular complexity index is 266. The molecule has 1 spiro atoms. The maximum atomic E-state index is 3.85. The molecule has 2 fully saturated rings. The number of nitrogens with one attached hydrogen (secondary N) is 1. The standard InChI is InChI=1S/C15H30N2S/c1-14(2,3)13-11-17(9-10-18-4)15(12-16-13)7-5-6-8-15/h13,16H,5-12H2,1-4H3. The predicted octanol–water partition coefficient (Wildman–Crippen LogP) is 2.98. The molecule has 2 nitrogen and oxygen atoms in total. The van der Waals surface area contributed by atoms with Crippen LogP contribution in [0.3, 0.4) is 0 Å². The third-order valence-electron chi connectivity index (χ3n) is 4.90. The number of rotatable bonds is 3. The fraction of sp³-hybridized carbons (Fsp3) is 1.00. The molecule has 1 unspecified atom stereocenters. The van der Waals surface area contributed by atoms with Gasteiger partial charge in [0.15, 0.2) is 0 Å². The van der Waals surface area contributed by atoms with Gasteiger partial charge >= 0.3 is 0 Å². The van der Waals surface area contributed by atoms with E-state index < -0.39 is 0 Å². The van der Waals surface area contributed by atoms with Gasteiger partial charge in [-0.05, 0) is 24.5 Å². The van der Waals surface area contributed by atoms with Gasteiger partial charge in [-0.25, -0.2) is 0 Å². The molecule has 0 aromatic rings. The van der Waals surface area contributed by atoms with E-state index in [1.165, 1.54) is 51.1 Å². The number of thioether (sulfide) groups is 1. The maximum absolute atomic E-state index is 3.85. The van der Waals surface area contributed by atoms with Gasteiger partial charge in [0.05, 0.1) is 0 Å². The van der Waals surface area contributed by atoms with E-state index in [9.17, 15) is 0 Å². The van der Waals surface area contributed by atoms with Crippen LogP contribution in [0, 0.1) is 5.41 Å². The summed E-state index contributed by atoms with van der Waals surface area (Å²) in [5.74, 6) is 1.28. The lowest BCUT2D eigenvalue weighted by molar-refractivity contribution is 0.0223. The van der Waals surface area contributed by atoms with Crippen molar-refractivity contribution in [1.29, 1.82) is 0 Å². The van der Waals surface area contributed by atoms with Crippen LogP contribution in [0.5, 0.6) is 0 Å². The Labute approximate surface area is 117 Å². The zero-order valence-electron chi connectivity index (χ0n) is 12.6. The quantitative estimate of drug-likeness (QED) is 0.849. The smallest absolute Gasteiger partial charge is 0.0335 e.